The van der Waals surface area contributed by atoms with E-state index in [1.165, 1.54) is 6.07 Å². The first-order chi connectivity index (χ1) is 11.0. The van der Waals surface area contributed by atoms with Gasteiger partial charge in [0.15, 0.2) is 0 Å². The Balaban J connectivity index is 2.35. The van der Waals surface area contributed by atoms with Crippen LogP contribution in [0.15, 0.2) is 23.0 Å². The van der Waals surface area contributed by atoms with E-state index in [-0.39, 0.29) is 23.5 Å². The standard InChI is InChI=1S/C15H17FN4O3/c1-3-10-11(15(21)19-18-12(10)4-2)8-17-13-6-5-9(16)7-14(13)20(22)23/h5-7,17H,3-4,8H2,1-2H3,(H,19,21). The Hall–Kier alpha value is -2.77. The van der Waals surface area contributed by atoms with E-state index in [9.17, 15) is 19.3 Å². The van der Waals surface area contributed by atoms with Crippen molar-refractivity contribution >= 4 is 11.4 Å². The fourth-order valence-electron chi connectivity index (χ4n) is 2.45. The minimum Gasteiger partial charge on any atom is -0.375 e. The maximum Gasteiger partial charge on any atom is 0.295 e. The molecule has 23 heavy (non-hydrogen) atoms. The molecular formula is C15H17FN4O3. The third-order valence-corrected chi connectivity index (χ3v) is 3.58. The Bertz CT molecular complexity index is 789. The van der Waals surface area contributed by atoms with Crippen LogP contribution < -0.4 is 10.9 Å². The lowest BCUT2D eigenvalue weighted by molar-refractivity contribution is -0.384. The lowest BCUT2D eigenvalue weighted by Crippen LogP contribution is -2.22. The molecule has 0 amide bonds. The van der Waals surface area contributed by atoms with Crippen molar-refractivity contribution in [3.05, 3.63) is 61.3 Å². The quantitative estimate of drug-likeness (QED) is 0.629. The number of rotatable bonds is 6. The normalized spacial score (nSPS) is 10.6. The summed E-state index contributed by atoms with van der Waals surface area (Å²) in [5, 5.41) is 20.3. The predicted octanol–water partition coefficient (Wildman–Crippen LogP) is 2.55. The number of nitrogens with one attached hydrogen (secondary N) is 2. The van der Waals surface area contributed by atoms with Gasteiger partial charge >= 0.3 is 0 Å². The van der Waals surface area contributed by atoms with Crippen molar-refractivity contribution in [2.75, 3.05) is 5.32 Å². The van der Waals surface area contributed by atoms with Crippen LogP contribution in [0.2, 0.25) is 0 Å². The van der Waals surface area contributed by atoms with Gasteiger partial charge in [0, 0.05) is 12.1 Å². The monoisotopic (exact) mass is 320 g/mol. The van der Waals surface area contributed by atoms with Gasteiger partial charge in [0.05, 0.1) is 16.7 Å². The maximum absolute atomic E-state index is 13.2. The SMILES string of the molecule is CCc1n[nH]c(=O)c(CNc2ccc(F)cc2[N+](=O)[O-])c1CC. The number of hydrogen-bond donors (Lipinski definition) is 2. The number of hydrogen-bond acceptors (Lipinski definition) is 5. The lowest BCUT2D eigenvalue weighted by atomic mass is 10.0. The summed E-state index contributed by atoms with van der Waals surface area (Å²) in [6.07, 6.45) is 1.30. The van der Waals surface area contributed by atoms with E-state index in [2.05, 4.69) is 15.5 Å². The summed E-state index contributed by atoms with van der Waals surface area (Å²) in [7, 11) is 0. The summed E-state index contributed by atoms with van der Waals surface area (Å²) in [6, 6.07) is 3.26. The van der Waals surface area contributed by atoms with Gasteiger partial charge in [0.25, 0.3) is 11.2 Å². The first-order valence-corrected chi connectivity index (χ1v) is 7.25. The van der Waals surface area contributed by atoms with Gasteiger partial charge in [-0.15, -0.1) is 0 Å². The molecule has 2 N–H and O–H groups in total. The van der Waals surface area contributed by atoms with Crippen molar-refractivity contribution in [3.63, 3.8) is 0 Å². The van der Waals surface area contributed by atoms with Crippen LogP contribution >= 0.6 is 0 Å². The number of aromatic nitrogens is 2. The maximum atomic E-state index is 13.2. The molecule has 0 spiro atoms. The number of halogens is 1. The molecule has 1 heterocycles. The van der Waals surface area contributed by atoms with E-state index in [0.717, 1.165) is 23.4 Å². The third kappa shape index (κ3) is 3.53. The molecule has 1 aromatic carbocycles. The lowest BCUT2D eigenvalue weighted by Gasteiger charge is -2.12. The highest BCUT2D eigenvalue weighted by atomic mass is 19.1. The van der Waals surface area contributed by atoms with Gasteiger partial charge < -0.3 is 5.32 Å². The Morgan fingerprint density at radius 1 is 1.30 bits per heavy atom. The van der Waals surface area contributed by atoms with Crippen LogP contribution in [0, 0.1) is 15.9 Å². The highest BCUT2D eigenvalue weighted by molar-refractivity contribution is 5.61. The predicted molar refractivity (Wildman–Crippen MR) is 84.0 cm³/mol. The molecule has 2 aromatic rings. The van der Waals surface area contributed by atoms with E-state index in [0.29, 0.717) is 18.4 Å². The molecular weight excluding hydrogens is 303 g/mol. The van der Waals surface area contributed by atoms with Crippen molar-refractivity contribution in [1.29, 1.82) is 0 Å². The van der Waals surface area contributed by atoms with Crippen molar-refractivity contribution in [2.45, 2.75) is 33.2 Å². The topological polar surface area (TPSA) is 101 Å². The van der Waals surface area contributed by atoms with E-state index in [1.807, 2.05) is 13.8 Å². The number of H-pyrrole nitrogens is 1. The second-order valence-corrected chi connectivity index (χ2v) is 4.94. The van der Waals surface area contributed by atoms with Crippen LogP contribution in [0.1, 0.15) is 30.7 Å². The highest BCUT2D eigenvalue weighted by Crippen LogP contribution is 2.25. The molecule has 0 radical (unpaired) electrons. The van der Waals surface area contributed by atoms with Crippen LogP contribution in [0.5, 0.6) is 0 Å². The smallest absolute Gasteiger partial charge is 0.295 e. The van der Waals surface area contributed by atoms with Crippen molar-refractivity contribution < 1.29 is 9.31 Å². The zero-order chi connectivity index (χ0) is 17.0. The first kappa shape index (κ1) is 16.6. The van der Waals surface area contributed by atoms with Crippen molar-refractivity contribution in [2.24, 2.45) is 0 Å². The molecule has 0 aliphatic carbocycles. The second kappa shape index (κ2) is 6.99. The summed E-state index contributed by atoms with van der Waals surface area (Å²) >= 11 is 0. The summed E-state index contributed by atoms with van der Waals surface area (Å²) in [5.41, 5.74) is 1.55. The van der Waals surface area contributed by atoms with Gasteiger partial charge in [0.1, 0.15) is 11.5 Å². The minimum atomic E-state index is -0.688. The fraction of sp³-hybridized carbons (Fsp3) is 0.333. The number of aryl methyl sites for hydroxylation is 1. The fourth-order valence-corrected chi connectivity index (χ4v) is 2.45. The molecule has 0 bridgehead atoms. The third-order valence-electron chi connectivity index (χ3n) is 3.58. The van der Waals surface area contributed by atoms with E-state index in [1.54, 1.807) is 0 Å². The number of nitrogens with zero attached hydrogens (tertiary/aromatic N) is 2. The number of nitro benzene ring substituents is 1. The molecule has 0 saturated carbocycles. The minimum absolute atomic E-state index is 0.0977. The van der Waals surface area contributed by atoms with E-state index >= 15 is 0 Å². The van der Waals surface area contributed by atoms with Crippen LogP contribution in [-0.2, 0) is 19.4 Å². The number of nitro groups is 1. The number of benzene rings is 1. The average Bonchev–Trinajstić information content (AvgIpc) is 2.54. The van der Waals surface area contributed by atoms with Gasteiger partial charge in [-0.3, -0.25) is 14.9 Å². The summed E-state index contributed by atoms with van der Waals surface area (Å²) in [5.74, 6) is -0.688. The molecule has 0 fully saturated rings. The summed E-state index contributed by atoms with van der Waals surface area (Å²) < 4.78 is 13.2. The molecule has 2 rings (SSSR count). The largest absolute Gasteiger partial charge is 0.375 e. The van der Waals surface area contributed by atoms with Gasteiger partial charge in [0.2, 0.25) is 0 Å². The average molecular weight is 320 g/mol. The first-order valence-electron chi connectivity index (χ1n) is 7.25. The molecule has 8 heteroatoms. The summed E-state index contributed by atoms with van der Waals surface area (Å²) in [6.45, 7) is 3.95. The molecule has 0 atom stereocenters. The Morgan fingerprint density at radius 3 is 2.65 bits per heavy atom. The molecule has 0 saturated heterocycles. The molecule has 122 valence electrons. The van der Waals surface area contributed by atoms with Gasteiger partial charge in [-0.1, -0.05) is 13.8 Å². The van der Waals surface area contributed by atoms with Crippen LogP contribution in [0.25, 0.3) is 0 Å². The zero-order valence-corrected chi connectivity index (χ0v) is 12.9. The Labute approximate surface area is 131 Å². The van der Waals surface area contributed by atoms with Gasteiger partial charge in [-0.2, -0.15) is 5.10 Å². The highest BCUT2D eigenvalue weighted by Gasteiger charge is 2.17. The van der Waals surface area contributed by atoms with E-state index in [4.69, 9.17) is 0 Å². The van der Waals surface area contributed by atoms with E-state index < -0.39 is 10.7 Å². The zero-order valence-electron chi connectivity index (χ0n) is 12.9. The number of aromatic amines is 1. The Kier molecular flexibility index (Phi) is 5.05. The molecule has 0 unspecified atom stereocenters. The van der Waals surface area contributed by atoms with Crippen molar-refractivity contribution in [3.8, 4) is 0 Å². The van der Waals surface area contributed by atoms with Crippen LogP contribution in [0.3, 0.4) is 0 Å². The summed E-state index contributed by atoms with van der Waals surface area (Å²) in [4.78, 5) is 22.3. The van der Waals surface area contributed by atoms with Gasteiger partial charge in [-0.05, 0) is 30.5 Å². The van der Waals surface area contributed by atoms with Crippen molar-refractivity contribution in [1.82, 2.24) is 10.2 Å². The molecule has 0 aliphatic heterocycles. The van der Waals surface area contributed by atoms with Gasteiger partial charge in [-0.25, -0.2) is 9.49 Å². The molecule has 0 aliphatic rings. The van der Waals surface area contributed by atoms with Crippen LogP contribution in [0.4, 0.5) is 15.8 Å². The molecule has 7 nitrogen and oxygen atoms in total. The second-order valence-electron chi connectivity index (χ2n) is 4.94. The number of anilines is 1. The van der Waals surface area contributed by atoms with Crippen LogP contribution in [-0.4, -0.2) is 15.1 Å². The molecule has 1 aromatic heterocycles. The Morgan fingerprint density at radius 2 is 2.04 bits per heavy atom.